The normalized spacial score (nSPS) is 14.9. The van der Waals surface area contributed by atoms with Gasteiger partial charge >= 0.3 is 6.18 Å². The number of ether oxygens (including phenoxy) is 1. The number of nitrogens with two attached hydrogens (primary N) is 1. The van der Waals surface area contributed by atoms with Crippen molar-refractivity contribution in [2.45, 2.75) is 36.5 Å². The second-order valence-electron chi connectivity index (χ2n) is 9.97. The molecule has 1 saturated heterocycles. The van der Waals surface area contributed by atoms with Crippen LogP contribution in [0.15, 0.2) is 47.5 Å². The quantitative estimate of drug-likeness (QED) is 0.326. The summed E-state index contributed by atoms with van der Waals surface area (Å²) in [5, 5.41) is 7.17. The number of piperidine rings is 1. The van der Waals surface area contributed by atoms with Crippen LogP contribution in [0.2, 0.25) is 0 Å². The van der Waals surface area contributed by atoms with Crippen LogP contribution in [0.5, 0.6) is 5.75 Å². The second kappa shape index (κ2) is 12.3. The van der Waals surface area contributed by atoms with Gasteiger partial charge in [-0.05, 0) is 49.2 Å². The summed E-state index contributed by atoms with van der Waals surface area (Å²) in [5.74, 6) is 6.03. The molecular formula is C28H32F3N5O4S. The zero-order valence-electron chi connectivity index (χ0n) is 22.7. The Balaban J connectivity index is 1.57. The number of anilines is 2. The highest BCUT2D eigenvalue weighted by Crippen LogP contribution is 2.31. The van der Waals surface area contributed by atoms with Crippen molar-refractivity contribution in [1.29, 1.82) is 0 Å². The average molecular weight is 592 g/mol. The van der Waals surface area contributed by atoms with E-state index in [-0.39, 0.29) is 29.9 Å². The van der Waals surface area contributed by atoms with Gasteiger partial charge in [-0.1, -0.05) is 11.8 Å². The van der Waals surface area contributed by atoms with Crippen molar-refractivity contribution < 1.29 is 31.1 Å². The molecule has 41 heavy (non-hydrogen) atoms. The van der Waals surface area contributed by atoms with Gasteiger partial charge in [0.15, 0.2) is 9.84 Å². The van der Waals surface area contributed by atoms with Gasteiger partial charge in [-0.2, -0.15) is 13.2 Å². The largest absolute Gasteiger partial charge is 0.495 e. The van der Waals surface area contributed by atoms with E-state index in [1.165, 1.54) is 25.4 Å². The van der Waals surface area contributed by atoms with E-state index in [1.54, 1.807) is 18.2 Å². The summed E-state index contributed by atoms with van der Waals surface area (Å²) in [6.45, 7) is 0.547. The number of sulfone groups is 1. The molecule has 9 nitrogen and oxygen atoms in total. The predicted molar refractivity (Wildman–Crippen MR) is 152 cm³/mol. The topological polar surface area (TPSA) is 119 Å². The molecule has 3 aromatic rings. The number of fused-ring (bicyclic) bond motifs is 1. The van der Waals surface area contributed by atoms with Crippen molar-refractivity contribution in [2.75, 3.05) is 50.2 Å². The fourth-order valence-corrected chi connectivity index (χ4v) is 5.48. The van der Waals surface area contributed by atoms with Crippen LogP contribution in [-0.2, 0) is 21.2 Å². The van der Waals surface area contributed by atoms with Gasteiger partial charge in [0.25, 0.3) is 0 Å². The summed E-state index contributed by atoms with van der Waals surface area (Å²) in [7, 11) is -1.96. The Hall–Kier alpha value is -3.89. The number of nitrogens with one attached hydrogen (secondary N) is 2. The monoisotopic (exact) mass is 591 g/mol. The van der Waals surface area contributed by atoms with Gasteiger partial charge in [-0.15, -0.1) is 0 Å². The van der Waals surface area contributed by atoms with E-state index in [9.17, 15) is 26.4 Å². The van der Waals surface area contributed by atoms with Crippen LogP contribution in [0.4, 0.5) is 24.5 Å². The maximum absolute atomic E-state index is 13.3. The van der Waals surface area contributed by atoms with Crippen LogP contribution in [0.3, 0.4) is 0 Å². The Morgan fingerprint density at radius 3 is 2.51 bits per heavy atom. The third-order valence-electron chi connectivity index (χ3n) is 6.76. The number of alkyl halides is 3. The average Bonchev–Trinajstić information content (AvgIpc) is 3.28. The number of carbonyl (C=O) groups excluding carboxylic acids is 1. The zero-order chi connectivity index (χ0) is 29.8. The summed E-state index contributed by atoms with van der Waals surface area (Å²) < 4.78 is 70.1. The minimum atomic E-state index is -4.39. The fraction of sp³-hybridized carbons (Fsp3) is 0.393. The summed E-state index contributed by atoms with van der Waals surface area (Å²) in [6, 6.07) is 9.62. The molecule has 2 aromatic carbocycles. The van der Waals surface area contributed by atoms with Gasteiger partial charge in [0.1, 0.15) is 12.3 Å². The molecule has 0 saturated carbocycles. The molecule has 0 radical (unpaired) electrons. The second-order valence-corrected chi connectivity index (χ2v) is 12.0. The number of nitrogens with zero attached hydrogens (tertiary/aromatic N) is 2. The summed E-state index contributed by atoms with van der Waals surface area (Å²) >= 11 is 0. The number of hydrogen-bond donors (Lipinski definition) is 3. The van der Waals surface area contributed by atoms with Crippen molar-refractivity contribution in [1.82, 2.24) is 9.47 Å². The van der Waals surface area contributed by atoms with E-state index in [0.717, 1.165) is 23.7 Å². The van der Waals surface area contributed by atoms with E-state index in [0.29, 0.717) is 46.7 Å². The number of amides is 1. The van der Waals surface area contributed by atoms with Crippen molar-refractivity contribution in [3.8, 4) is 17.6 Å². The minimum absolute atomic E-state index is 0.0627. The Bertz CT molecular complexity index is 1580. The highest BCUT2D eigenvalue weighted by atomic mass is 32.2. The van der Waals surface area contributed by atoms with Crippen molar-refractivity contribution in [2.24, 2.45) is 5.73 Å². The third-order valence-corrected chi connectivity index (χ3v) is 7.87. The molecule has 220 valence electrons. The van der Waals surface area contributed by atoms with Crippen LogP contribution in [-0.4, -0.2) is 75.6 Å². The number of benzene rings is 2. The van der Waals surface area contributed by atoms with Gasteiger partial charge in [-0.3, -0.25) is 9.69 Å². The maximum Gasteiger partial charge on any atom is 0.406 e. The molecule has 0 aliphatic carbocycles. The third kappa shape index (κ3) is 8.08. The smallest absolute Gasteiger partial charge is 0.406 e. The molecule has 4 N–H and O–H groups in total. The molecule has 1 fully saturated rings. The number of aromatic nitrogens is 1. The lowest BCUT2D eigenvalue weighted by atomic mass is 10.0. The van der Waals surface area contributed by atoms with Gasteiger partial charge in [0.2, 0.25) is 5.91 Å². The number of hydrogen-bond acceptors (Lipinski definition) is 7. The van der Waals surface area contributed by atoms with Crippen LogP contribution in [0, 0.1) is 11.8 Å². The highest BCUT2D eigenvalue weighted by molar-refractivity contribution is 7.90. The van der Waals surface area contributed by atoms with Crippen molar-refractivity contribution in [3.63, 3.8) is 0 Å². The van der Waals surface area contributed by atoms with Crippen molar-refractivity contribution in [3.05, 3.63) is 48.2 Å². The van der Waals surface area contributed by atoms with Gasteiger partial charge in [0.05, 0.1) is 36.3 Å². The lowest BCUT2D eigenvalue weighted by Crippen LogP contribution is -2.42. The number of carbonyl (C=O) groups is 1. The van der Waals surface area contributed by atoms with Gasteiger partial charge < -0.3 is 25.7 Å². The molecule has 4 rings (SSSR count). The molecular weight excluding hydrogens is 559 g/mol. The minimum Gasteiger partial charge on any atom is -0.495 e. The first-order valence-electron chi connectivity index (χ1n) is 12.9. The van der Waals surface area contributed by atoms with Gasteiger partial charge in [-0.25, -0.2) is 8.42 Å². The molecule has 0 bridgehead atoms. The van der Waals surface area contributed by atoms with E-state index < -0.39 is 22.6 Å². The van der Waals surface area contributed by atoms with E-state index in [4.69, 9.17) is 10.5 Å². The predicted octanol–water partition coefficient (Wildman–Crippen LogP) is 3.44. The first-order chi connectivity index (χ1) is 19.3. The lowest BCUT2D eigenvalue weighted by molar-refractivity contribution is -0.139. The molecule has 1 amide bonds. The summed E-state index contributed by atoms with van der Waals surface area (Å²) in [6.07, 6.45) is -0.381. The molecule has 0 unspecified atom stereocenters. The molecule has 2 heterocycles. The Kier molecular flexibility index (Phi) is 9.04. The molecule has 1 aromatic heterocycles. The van der Waals surface area contributed by atoms with Crippen LogP contribution in [0.25, 0.3) is 10.9 Å². The standard InChI is InChI=1S/C28H32F3N5O4S/c1-40-26-6-5-21(41(2,38)39)16-24(26)33-10-3-4-19-14-23(34-20-7-11-35(12-8-20)17-27(32)37)22-9-13-36(25(22)15-19)18-28(29,30)31/h5-6,9,13-16,20,33-34H,7-8,10-12,17-18H2,1-2H3,(H2,32,37). The number of halogens is 3. The Morgan fingerprint density at radius 2 is 1.88 bits per heavy atom. The van der Waals surface area contributed by atoms with E-state index >= 15 is 0 Å². The van der Waals surface area contributed by atoms with Crippen LogP contribution < -0.4 is 21.1 Å². The first-order valence-corrected chi connectivity index (χ1v) is 14.8. The number of methoxy groups -OCH3 is 1. The van der Waals surface area contributed by atoms with E-state index in [1.807, 2.05) is 11.0 Å². The summed E-state index contributed by atoms with van der Waals surface area (Å²) in [5.41, 5.74) is 7.35. The fourth-order valence-electron chi connectivity index (χ4n) is 4.84. The molecule has 0 atom stereocenters. The number of rotatable bonds is 9. The van der Waals surface area contributed by atoms with Crippen LogP contribution in [0.1, 0.15) is 18.4 Å². The van der Waals surface area contributed by atoms with Crippen LogP contribution >= 0.6 is 0 Å². The highest BCUT2D eigenvalue weighted by Gasteiger charge is 2.29. The lowest BCUT2D eigenvalue weighted by Gasteiger charge is -2.32. The number of likely N-dealkylation sites (tertiary alicyclic amines) is 1. The number of primary amides is 1. The van der Waals surface area contributed by atoms with Crippen molar-refractivity contribution >= 4 is 38.0 Å². The SMILES string of the molecule is COc1ccc(S(C)(=O)=O)cc1NCC#Cc1cc(NC2CCN(CC(N)=O)CC2)c2ccn(CC(F)(F)F)c2c1. The van der Waals surface area contributed by atoms with Gasteiger partial charge in [0, 0.05) is 48.2 Å². The molecule has 0 spiro atoms. The molecule has 1 aliphatic rings. The van der Waals surface area contributed by atoms with E-state index in [2.05, 4.69) is 22.5 Å². The maximum atomic E-state index is 13.3. The zero-order valence-corrected chi connectivity index (χ0v) is 23.5. The molecule has 13 heteroatoms. The molecule has 1 aliphatic heterocycles. The first kappa shape index (κ1) is 30.1. The Labute approximate surface area is 236 Å². The Morgan fingerprint density at radius 1 is 1.15 bits per heavy atom. The summed E-state index contributed by atoms with van der Waals surface area (Å²) in [4.78, 5) is 13.3.